The highest BCUT2D eigenvalue weighted by Gasteiger charge is 2.66. The Hall–Kier alpha value is -2.50. The van der Waals surface area contributed by atoms with Crippen molar-refractivity contribution in [1.29, 1.82) is 0 Å². The molecule has 1 amide bonds. The third-order valence-corrected chi connectivity index (χ3v) is 8.12. The maximum absolute atomic E-state index is 13.4. The van der Waals surface area contributed by atoms with Crippen LogP contribution in [0.5, 0.6) is 0 Å². The molecule has 2 heterocycles. The minimum Gasteiger partial charge on any atom is -0.461 e. The number of benzene rings is 1. The van der Waals surface area contributed by atoms with Gasteiger partial charge < -0.3 is 14.2 Å². The number of esters is 2. The molecule has 1 aromatic rings. The van der Waals surface area contributed by atoms with Gasteiger partial charge in [0, 0.05) is 36.5 Å². The van der Waals surface area contributed by atoms with Crippen LogP contribution in [-0.2, 0) is 39.4 Å². The molecular formula is C24H30N2O7S2. The zero-order valence-electron chi connectivity index (χ0n) is 20.6. The van der Waals surface area contributed by atoms with E-state index in [4.69, 9.17) is 14.2 Å². The van der Waals surface area contributed by atoms with Crippen LogP contribution in [0.3, 0.4) is 0 Å². The van der Waals surface area contributed by atoms with Gasteiger partial charge in [0.05, 0.1) is 16.0 Å². The molecule has 0 bridgehead atoms. The number of thioether (sulfide) groups is 1. The van der Waals surface area contributed by atoms with Gasteiger partial charge in [0.25, 0.3) is 11.6 Å². The molecule has 9 nitrogen and oxygen atoms in total. The van der Waals surface area contributed by atoms with Crippen molar-refractivity contribution in [2.45, 2.75) is 61.5 Å². The van der Waals surface area contributed by atoms with Crippen LogP contribution >= 0.6 is 11.8 Å². The van der Waals surface area contributed by atoms with Gasteiger partial charge in [-0.15, -0.1) is 11.8 Å². The number of nitrogens with zero attached hydrogens (tertiary/aromatic N) is 2. The molecule has 1 fully saturated rings. The van der Waals surface area contributed by atoms with E-state index in [0.717, 1.165) is 0 Å². The average molecular weight is 523 g/mol. The minimum atomic E-state index is -1.57. The summed E-state index contributed by atoms with van der Waals surface area (Å²) in [6.45, 7) is 8.05. The fraction of sp³-hybridized carbons (Fsp3) is 0.500. The first-order valence-electron chi connectivity index (χ1n) is 11.0. The molecule has 2 aliphatic rings. The quantitative estimate of drug-likeness (QED) is 0.291. The Balaban J connectivity index is 1.89. The zero-order chi connectivity index (χ0) is 26.0. The lowest BCUT2D eigenvalue weighted by molar-refractivity contribution is -0.184. The number of carbonyl (C=O) groups excluding carboxylic acids is 3. The maximum atomic E-state index is 13.4. The molecular weight excluding hydrogens is 492 g/mol. The van der Waals surface area contributed by atoms with E-state index in [1.165, 1.54) is 36.9 Å². The van der Waals surface area contributed by atoms with Crippen molar-refractivity contribution in [3.8, 4) is 0 Å². The van der Waals surface area contributed by atoms with E-state index in [-0.39, 0.29) is 12.3 Å². The summed E-state index contributed by atoms with van der Waals surface area (Å²) in [5.41, 5.74) is -1.85. The smallest absolute Gasteiger partial charge is 0.355 e. The molecule has 0 saturated carbocycles. The van der Waals surface area contributed by atoms with E-state index in [1.807, 2.05) is 6.07 Å². The van der Waals surface area contributed by atoms with Crippen LogP contribution in [0.1, 0.15) is 34.6 Å². The SMILES string of the molecule is CO[C@@]1(N=CC(C)S(=O)c2ccccc2)C(=O)N2C(C(=O)OC(C)(C)C)=C(COC(C)=O)CS[C@H]21. The Morgan fingerprint density at radius 1 is 1.31 bits per heavy atom. The number of carbonyl (C=O) groups is 3. The van der Waals surface area contributed by atoms with Crippen LogP contribution in [0, 0.1) is 0 Å². The minimum absolute atomic E-state index is 0.0405. The summed E-state index contributed by atoms with van der Waals surface area (Å²) in [4.78, 5) is 44.2. The number of aliphatic imine (C=N–C) groups is 1. The molecule has 0 spiro atoms. The van der Waals surface area contributed by atoms with Gasteiger partial charge in [-0.2, -0.15) is 0 Å². The van der Waals surface area contributed by atoms with Crippen molar-refractivity contribution >= 4 is 46.6 Å². The number of hydrogen-bond donors (Lipinski definition) is 0. The number of ether oxygens (including phenoxy) is 3. The third-order valence-electron chi connectivity index (χ3n) is 5.23. The molecule has 4 atom stereocenters. The first-order valence-corrected chi connectivity index (χ1v) is 13.3. The van der Waals surface area contributed by atoms with Gasteiger partial charge >= 0.3 is 11.9 Å². The topological polar surface area (TPSA) is 112 Å². The highest BCUT2D eigenvalue weighted by molar-refractivity contribution is 8.00. The normalized spacial score (nSPS) is 24.0. The Morgan fingerprint density at radius 3 is 2.54 bits per heavy atom. The van der Waals surface area contributed by atoms with Crippen molar-refractivity contribution in [3.63, 3.8) is 0 Å². The van der Waals surface area contributed by atoms with E-state index in [0.29, 0.717) is 16.2 Å². The van der Waals surface area contributed by atoms with E-state index in [2.05, 4.69) is 4.99 Å². The highest BCUT2D eigenvalue weighted by atomic mass is 32.2. The molecule has 3 rings (SSSR count). The van der Waals surface area contributed by atoms with Crippen LogP contribution in [0.2, 0.25) is 0 Å². The number of methoxy groups -OCH3 is 1. The molecule has 190 valence electrons. The predicted octanol–water partition coefficient (Wildman–Crippen LogP) is 2.67. The number of fused-ring (bicyclic) bond motifs is 1. The molecule has 11 heteroatoms. The molecule has 1 aromatic carbocycles. The molecule has 0 aromatic heterocycles. The largest absolute Gasteiger partial charge is 0.461 e. The Morgan fingerprint density at radius 2 is 1.97 bits per heavy atom. The third kappa shape index (κ3) is 5.68. The van der Waals surface area contributed by atoms with Crippen molar-refractivity contribution in [1.82, 2.24) is 4.90 Å². The lowest BCUT2D eigenvalue weighted by Crippen LogP contribution is -2.73. The number of amides is 1. The summed E-state index contributed by atoms with van der Waals surface area (Å²) in [7, 11) is 0.00132. The first-order chi connectivity index (χ1) is 16.4. The van der Waals surface area contributed by atoms with E-state index in [9.17, 15) is 18.6 Å². The van der Waals surface area contributed by atoms with Gasteiger partial charge in [-0.3, -0.25) is 23.7 Å². The summed E-state index contributed by atoms with van der Waals surface area (Å²) in [6, 6.07) is 8.98. The summed E-state index contributed by atoms with van der Waals surface area (Å²) >= 11 is 1.34. The average Bonchev–Trinajstić information content (AvgIpc) is 2.81. The van der Waals surface area contributed by atoms with Crippen LogP contribution in [0.25, 0.3) is 0 Å². The zero-order valence-corrected chi connectivity index (χ0v) is 22.2. The van der Waals surface area contributed by atoms with Gasteiger partial charge in [0.15, 0.2) is 0 Å². The fourth-order valence-electron chi connectivity index (χ4n) is 3.59. The van der Waals surface area contributed by atoms with Crippen LogP contribution < -0.4 is 0 Å². The van der Waals surface area contributed by atoms with Gasteiger partial charge in [0.1, 0.15) is 23.3 Å². The number of β-lactam (4-membered cyclic amide) rings is 1. The Bertz CT molecular complexity index is 1080. The van der Waals surface area contributed by atoms with E-state index < -0.39 is 50.6 Å². The molecule has 2 unspecified atom stereocenters. The van der Waals surface area contributed by atoms with Gasteiger partial charge in [-0.05, 0) is 39.8 Å². The second kappa shape index (κ2) is 10.6. The van der Waals surface area contributed by atoms with Crippen LogP contribution in [0.15, 0.2) is 51.5 Å². The van der Waals surface area contributed by atoms with Gasteiger partial charge in [0.2, 0.25) is 0 Å². The van der Waals surface area contributed by atoms with Crippen molar-refractivity contribution in [2.24, 2.45) is 4.99 Å². The molecule has 0 radical (unpaired) electrons. The van der Waals surface area contributed by atoms with Gasteiger partial charge in [-0.25, -0.2) is 4.79 Å². The summed E-state index contributed by atoms with van der Waals surface area (Å²) in [5.74, 6) is -1.43. The first kappa shape index (κ1) is 27.1. The number of rotatable bonds is 8. The molecule has 35 heavy (non-hydrogen) atoms. The molecule has 0 N–H and O–H groups in total. The maximum Gasteiger partial charge on any atom is 0.355 e. The predicted molar refractivity (Wildman–Crippen MR) is 133 cm³/mol. The lowest BCUT2D eigenvalue weighted by atomic mass is 9.99. The second-order valence-corrected chi connectivity index (χ2v) is 11.9. The lowest BCUT2D eigenvalue weighted by Gasteiger charge is -2.54. The van der Waals surface area contributed by atoms with Crippen LogP contribution in [-0.4, -0.2) is 74.6 Å². The number of hydrogen-bond acceptors (Lipinski definition) is 9. The van der Waals surface area contributed by atoms with Gasteiger partial charge in [-0.1, -0.05) is 18.2 Å². The fourth-order valence-corrected chi connectivity index (χ4v) is 6.03. The van der Waals surface area contributed by atoms with E-state index in [1.54, 1.807) is 52.0 Å². The summed E-state index contributed by atoms with van der Waals surface area (Å²) < 4.78 is 29.1. The van der Waals surface area contributed by atoms with Crippen molar-refractivity contribution < 1.29 is 32.8 Å². The monoisotopic (exact) mass is 522 g/mol. The molecule has 2 aliphatic heterocycles. The Labute approximate surface area is 211 Å². The van der Waals surface area contributed by atoms with Crippen molar-refractivity contribution in [3.05, 3.63) is 41.6 Å². The Kier molecular flexibility index (Phi) is 8.23. The molecule has 0 aliphatic carbocycles. The van der Waals surface area contributed by atoms with Crippen LogP contribution in [0.4, 0.5) is 0 Å². The highest BCUT2D eigenvalue weighted by Crippen LogP contribution is 2.49. The van der Waals surface area contributed by atoms with E-state index >= 15 is 0 Å². The second-order valence-electron chi connectivity index (χ2n) is 9.07. The summed E-state index contributed by atoms with van der Waals surface area (Å²) in [6.07, 6.45) is 1.47. The standard InChI is InChI=1S/C24H30N2O7S2/c1-15(35(30)18-10-8-7-9-11-18)12-25-24(31-6)21(29)26-19(20(28)33-23(3,4)5)17(13-32-16(2)27)14-34-22(24)26/h7-12,15,22H,13-14H2,1-6H3/t15?,22-,24-,35?/m0/s1. The van der Waals surface area contributed by atoms with Crippen molar-refractivity contribution in [2.75, 3.05) is 19.5 Å². The molecule has 1 saturated heterocycles. The summed E-state index contributed by atoms with van der Waals surface area (Å²) in [5, 5.41) is -1.13.